The third-order valence-corrected chi connectivity index (χ3v) is 16.0. The summed E-state index contributed by atoms with van der Waals surface area (Å²) in [5, 5.41) is 61.0. The number of aryl methyl sites for hydroxylation is 1. The van der Waals surface area contributed by atoms with E-state index in [2.05, 4.69) is 84.9 Å². The van der Waals surface area contributed by atoms with Gasteiger partial charge in [-0.3, -0.25) is 9.59 Å². The normalized spacial score (nSPS) is 28.9. The van der Waals surface area contributed by atoms with Crippen molar-refractivity contribution in [3.63, 3.8) is 0 Å². The minimum atomic E-state index is -1.91. The molecule has 9 nitrogen and oxygen atoms in total. The highest BCUT2D eigenvalue weighted by Gasteiger charge is 2.48. The molecule has 0 aromatic heterocycles. The molecular weight excluding hydrogens is 810 g/mol. The van der Waals surface area contributed by atoms with Crippen molar-refractivity contribution >= 4 is 35.7 Å². The van der Waals surface area contributed by atoms with Gasteiger partial charge in [0.25, 0.3) is 0 Å². The van der Waals surface area contributed by atoms with Crippen molar-refractivity contribution in [2.45, 2.75) is 186 Å². The molecule has 1 saturated heterocycles. The van der Waals surface area contributed by atoms with Crippen molar-refractivity contribution < 1.29 is 39.9 Å². The molecule has 0 unspecified atom stereocenters. The van der Waals surface area contributed by atoms with Crippen LogP contribution in [0.1, 0.15) is 144 Å². The molecule has 1 aliphatic heterocycles. The number of carbonyl (C=O) groups is 2. The molecule has 1 aliphatic rings. The second-order valence-corrected chi connectivity index (χ2v) is 21.3. The van der Waals surface area contributed by atoms with Gasteiger partial charge in [-0.15, -0.1) is 0 Å². The molecule has 1 heterocycles. The monoisotopic (exact) mass is 890 g/mol. The number of aliphatic hydroxyl groups excluding tert-OH is 3. The number of amides is 1. The molecule has 0 bridgehead atoms. The van der Waals surface area contributed by atoms with Gasteiger partial charge in [0.05, 0.1) is 29.8 Å². The number of aliphatic hydroxyl groups is 5. The van der Waals surface area contributed by atoms with E-state index >= 15 is 0 Å². The molecule has 3 aromatic rings. The maximum Gasteiger partial charge on any atom is 0.311 e. The number of carbonyl (C=O) groups excluding carboxylic acids is 2. The summed E-state index contributed by atoms with van der Waals surface area (Å²) in [4.78, 5) is 28.6. The summed E-state index contributed by atoms with van der Waals surface area (Å²) in [6.07, 6.45) is 8.80. The molecule has 350 valence electrons. The molecule has 10 heteroatoms. The number of cyclic esters (lactones) is 1. The molecule has 0 saturated carbocycles. The van der Waals surface area contributed by atoms with Gasteiger partial charge >= 0.3 is 5.97 Å². The van der Waals surface area contributed by atoms with Crippen molar-refractivity contribution in [3.05, 3.63) is 90.5 Å². The first-order valence-electron chi connectivity index (χ1n) is 24.0. The van der Waals surface area contributed by atoms with Crippen LogP contribution < -0.4 is 15.9 Å². The van der Waals surface area contributed by atoms with Gasteiger partial charge in [-0.25, -0.2) is 0 Å². The van der Waals surface area contributed by atoms with Crippen LogP contribution in [0.5, 0.6) is 0 Å². The fraction of sp³-hybridized carbons (Fsp3) is 0.623. The highest BCUT2D eigenvalue weighted by Crippen LogP contribution is 2.34. The van der Waals surface area contributed by atoms with E-state index in [1.165, 1.54) is 87.2 Å². The molecule has 4 rings (SSSR count). The Kier molecular flexibility index (Phi) is 21.2. The van der Waals surface area contributed by atoms with Crippen molar-refractivity contribution in [3.8, 4) is 0 Å². The summed E-state index contributed by atoms with van der Waals surface area (Å²) in [5.74, 6) is -3.20. The molecule has 0 aliphatic carbocycles. The lowest BCUT2D eigenvalue weighted by Gasteiger charge is -2.43. The van der Waals surface area contributed by atoms with Crippen molar-refractivity contribution in [1.29, 1.82) is 0 Å². The zero-order valence-electron chi connectivity index (χ0n) is 39.4. The first-order valence-corrected chi connectivity index (χ1v) is 25.3. The summed E-state index contributed by atoms with van der Waals surface area (Å²) < 4.78 is 5.68. The van der Waals surface area contributed by atoms with Gasteiger partial charge in [0.15, 0.2) is 0 Å². The lowest BCUT2D eigenvalue weighted by molar-refractivity contribution is -0.194. The van der Waals surface area contributed by atoms with E-state index in [-0.39, 0.29) is 37.6 Å². The second kappa shape index (κ2) is 25.5. The van der Waals surface area contributed by atoms with Crippen LogP contribution in [0, 0.1) is 17.8 Å². The summed E-state index contributed by atoms with van der Waals surface area (Å²) in [5.41, 5.74) is -2.13. The number of hydrogen-bond donors (Lipinski definition) is 5. The van der Waals surface area contributed by atoms with Crippen LogP contribution in [-0.2, 0) is 20.7 Å². The quantitative estimate of drug-likeness (QED) is 0.0489. The van der Waals surface area contributed by atoms with Gasteiger partial charge in [-0.05, 0) is 95.1 Å². The lowest BCUT2D eigenvalue weighted by atomic mass is 9.78. The average molecular weight is 890 g/mol. The lowest BCUT2D eigenvalue weighted by Crippen LogP contribution is -2.60. The number of esters is 1. The van der Waals surface area contributed by atoms with Crippen molar-refractivity contribution in [2.75, 3.05) is 6.54 Å². The van der Waals surface area contributed by atoms with Crippen LogP contribution in [0.25, 0.3) is 0 Å². The predicted molar refractivity (Wildman–Crippen MR) is 257 cm³/mol. The standard InChI is InChI=1S/C53H80NO8P/c1-8-46-53(7,61)50(58)41(5)54(37-38(2)36-52(6,60)49(57)39(3)48(56)40(4)51(59)62-46)47(55)31-25-17-15-13-11-9-10-12-14-16-20-26-42-32-34-45(35-33-42)63(43-27-21-18-22-28-43)44-29-23-19-24-30-44/h18-19,21-24,27-30,32-35,38-41,46,48-50,56-58,60-61H,8-17,20,25-26,31,36-37H2,1-7H3/t38-,39+,40-,41-,46-,48+,49-,50-,52-,53-/m1/s1. The number of unbranched alkanes of at least 4 members (excludes halogenated alkanes) is 10. The fourth-order valence-corrected chi connectivity index (χ4v) is 11.8. The number of nitrogens with zero attached hydrogens (tertiary/aromatic N) is 1. The van der Waals surface area contributed by atoms with Gasteiger partial charge in [-0.1, -0.05) is 163 Å². The van der Waals surface area contributed by atoms with Crippen LogP contribution >= 0.6 is 7.92 Å². The Morgan fingerprint density at radius 1 is 0.698 bits per heavy atom. The molecule has 63 heavy (non-hydrogen) atoms. The molecule has 1 amide bonds. The largest absolute Gasteiger partial charge is 0.459 e. The van der Waals surface area contributed by atoms with Crippen LogP contribution in [0.3, 0.4) is 0 Å². The zero-order chi connectivity index (χ0) is 46.2. The Hall–Kier alpha value is -3.17. The zero-order valence-corrected chi connectivity index (χ0v) is 40.3. The topological polar surface area (TPSA) is 148 Å². The highest BCUT2D eigenvalue weighted by atomic mass is 31.1. The molecular formula is C53H80NO8P. The number of benzene rings is 3. The highest BCUT2D eigenvalue weighted by molar-refractivity contribution is 7.79. The van der Waals surface area contributed by atoms with Gasteiger partial charge in [-0.2, -0.15) is 0 Å². The maximum atomic E-state index is 13.9. The van der Waals surface area contributed by atoms with Gasteiger partial charge in [0, 0.05) is 18.9 Å². The van der Waals surface area contributed by atoms with Gasteiger partial charge in [0.1, 0.15) is 17.8 Å². The summed E-state index contributed by atoms with van der Waals surface area (Å²) in [6, 6.07) is 30.1. The Balaban J connectivity index is 1.18. The smallest absolute Gasteiger partial charge is 0.311 e. The van der Waals surface area contributed by atoms with E-state index < -0.39 is 67.4 Å². The van der Waals surface area contributed by atoms with Crippen molar-refractivity contribution in [2.24, 2.45) is 17.8 Å². The fourth-order valence-electron chi connectivity index (χ4n) is 9.54. The molecule has 10 atom stereocenters. The van der Waals surface area contributed by atoms with Gasteiger partial charge < -0.3 is 35.2 Å². The van der Waals surface area contributed by atoms with Crippen LogP contribution in [0.2, 0.25) is 0 Å². The van der Waals surface area contributed by atoms with Gasteiger partial charge in [0.2, 0.25) is 5.91 Å². The van der Waals surface area contributed by atoms with Crippen molar-refractivity contribution in [1.82, 2.24) is 4.90 Å². The van der Waals surface area contributed by atoms with E-state index in [9.17, 15) is 35.1 Å². The minimum Gasteiger partial charge on any atom is -0.459 e. The Bertz CT molecular complexity index is 1730. The third kappa shape index (κ3) is 15.2. The second-order valence-electron chi connectivity index (χ2n) is 19.1. The van der Waals surface area contributed by atoms with Crippen LogP contribution in [-0.4, -0.2) is 90.5 Å². The predicted octanol–water partition coefficient (Wildman–Crippen LogP) is 8.10. The number of ether oxygens (including phenoxy) is 1. The summed E-state index contributed by atoms with van der Waals surface area (Å²) in [7, 11) is -0.575. The number of hydrogen-bond acceptors (Lipinski definition) is 8. The SMILES string of the molecule is CC[C@H]1OC(=O)[C@H](C)[C@@H](O)[C@H](C)[C@@H](O)[C@](C)(O)C[C@@H](C)CN(C(=O)CCCCCCCCCCCCCc2ccc(P(c3ccccc3)c3ccccc3)cc2)[C@H](C)[C@@H](O)[C@]1(C)O. The van der Waals surface area contributed by atoms with E-state index in [0.717, 1.165) is 25.7 Å². The van der Waals surface area contributed by atoms with E-state index in [0.29, 0.717) is 6.42 Å². The molecule has 3 aromatic carbocycles. The molecule has 1 fully saturated rings. The van der Waals surface area contributed by atoms with E-state index in [1.54, 1.807) is 25.7 Å². The Morgan fingerprint density at radius 3 is 1.68 bits per heavy atom. The third-order valence-electron chi connectivity index (χ3n) is 13.6. The molecule has 5 N–H and O–H groups in total. The molecule has 0 spiro atoms. The minimum absolute atomic E-state index is 0.103. The van der Waals surface area contributed by atoms with E-state index in [1.807, 2.05) is 6.92 Å². The molecule has 0 radical (unpaired) electrons. The summed E-state index contributed by atoms with van der Waals surface area (Å²) in [6.45, 7) is 11.4. The maximum absolute atomic E-state index is 13.9. The first-order chi connectivity index (χ1) is 30.0. The average Bonchev–Trinajstić information content (AvgIpc) is 3.27. The van der Waals surface area contributed by atoms with E-state index in [4.69, 9.17) is 4.74 Å². The Morgan fingerprint density at radius 2 is 1.17 bits per heavy atom. The number of rotatable bonds is 18. The summed E-state index contributed by atoms with van der Waals surface area (Å²) >= 11 is 0. The van der Waals surface area contributed by atoms with Crippen LogP contribution in [0.4, 0.5) is 0 Å². The first kappa shape index (κ1) is 52.5. The van der Waals surface area contributed by atoms with Crippen LogP contribution in [0.15, 0.2) is 84.9 Å². The Labute approximate surface area is 380 Å².